The van der Waals surface area contributed by atoms with Crippen molar-refractivity contribution in [3.8, 4) is 0 Å². The van der Waals surface area contributed by atoms with Crippen LogP contribution in [0.5, 0.6) is 0 Å². The lowest BCUT2D eigenvalue weighted by molar-refractivity contribution is -0.137. The highest BCUT2D eigenvalue weighted by Gasteiger charge is 2.73. The predicted molar refractivity (Wildman–Crippen MR) is 89.3 cm³/mol. The molecule has 0 N–H and O–H groups in total. The molecular weight excluding hydrogens is 313 g/mol. The van der Waals surface area contributed by atoms with Gasteiger partial charge in [-0.15, -0.1) is 0 Å². The van der Waals surface area contributed by atoms with Gasteiger partial charge in [-0.25, -0.2) is 4.67 Å². The van der Waals surface area contributed by atoms with E-state index in [1.165, 1.54) is 7.11 Å². The lowest BCUT2D eigenvalue weighted by atomic mass is 9.70. The number of esters is 1. The normalized spacial score (nSPS) is 44.7. The van der Waals surface area contributed by atoms with Crippen LogP contribution < -0.4 is 0 Å². The van der Waals surface area contributed by atoms with Crippen molar-refractivity contribution in [2.45, 2.75) is 59.6 Å². The second-order valence-corrected chi connectivity index (χ2v) is 11.0. The zero-order valence-electron chi connectivity index (χ0n) is 15.2. The van der Waals surface area contributed by atoms with Crippen LogP contribution in [0.4, 0.5) is 0 Å². The van der Waals surface area contributed by atoms with Gasteiger partial charge >= 0.3 is 5.97 Å². The summed E-state index contributed by atoms with van der Waals surface area (Å²) in [6.07, 6.45) is 2.10. The standard InChI is InChI=1S/C17H30NO4P/c1-11(2)9-18-14-12-7-8-17(5,16(12,3)4)15(14)22-23(18,20)10-13(19)21-6/h11-12,14-15H,7-10H2,1-6H3/t12-,14-,15-,17+,23-/m1/s1. The Kier molecular flexibility index (Phi) is 4.02. The van der Waals surface area contributed by atoms with Gasteiger partial charge in [-0.05, 0) is 30.1 Å². The van der Waals surface area contributed by atoms with Gasteiger partial charge in [0.05, 0.1) is 13.2 Å². The first-order chi connectivity index (χ1) is 10.6. The van der Waals surface area contributed by atoms with Crippen molar-refractivity contribution in [2.24, 2.45) is 22.7 Å². The molecule has 0 spiro atoms. The highest BCUT2D eigenvalue weighted by Crippen LogP contribution is 2.75. The SMILES string of the molecule is COC(=O)C[P@@]1(=O)O[C@@H]2[C@@H]([C@H]3CC[C@]2(C)C3(C)C)N1CC(C)C. The molecule has 3 rings (SSSR count). The molecule has 3 fully saturated rings. The third-order valence-electron chi connectivity index (χ3n) is 6.85. The number of methoxy groups -OCH3 is 1. The highest BCUT2D eigenvalue weighted by atomic mass is 31.2. The van der Waals surface area contributed by atoms with Gasteiger partial charge in [0.15, 0.2) is 0 Å². The smallest absolute Gasteiger partial charge is 0.316 e. The molecule has 6 heteroatoms. The van der Waals surface area contributed by atoms with Crippen LogP contribution >= 0.6 is 7.52 Å². The van der Waals surface area contributed by atoms with Crippen LogP contribution in [-0.4, -0.2) is 42.6 Å². The van der Waals surface area contributed by atoms with Crippen LogP contribution in [0.2, 0.25) is 0 Å². The lowest BCUT2D eigenvalue weighted by Crippen LogP contribution is -2.43. The minimum atomic E-state index is -3.16. The first-order valence-corrected chi connectivity index (χ1v) is 10.4. The van der Waals surface area contributed by atoms with Crippen molar-refractivity contribution < 1.29 is 18.6 Å². The molecular formula is C17H30NO4P. The summed E-state index contributed by atoms with van der Waals surface area (Å²) >= 11 is 0. The minimum absolute atomic E-state index is 0.0276. The van der Waals surface area contributed by atoms with E-state index in [-0.39, 0.29) is 29.1 Å². The molecule has 132 valence electrons. The van der Waals surface area contributed by atoms with Crippen molar-refractivity contribution in [2.75, 3.05) is 19.8 Å². The first-order valence-electron chi connectivity index (χ1n) is 8.68. The van der Waals surface area contributed by atoms with Gasteiger partial charge in [0.25, 0.3) is 7.52 Å². The van der Waals surface area contributed by atoms with Crippen molar-refractivity contribution in [3.05, 3.63) is 0 Å². The highest BCUT2D eigenvalue weighted by molar-refractivity contribution is 7.57. The van der Waals surface area contributed by atoms with Crippen LogP contribution in [0.1, 0.15) is 47.5 Å². The number of hydrogen-bond donors (Lipinski definition) is 0. The molecule has 0 unspecified atom stereocenters. The zero-order chi connectivity index (χ0) is 17.2. The third-order valence-corrected chi connectivity index (χ3v) is 9.27. The van der Waals surface area contributed by atoms with E-state index in [4.69, 9.17) is 9.26 Å². The Morgan fingerprint density at radius 2 is 2.04 bits per heavy atom. The molecule has 1 saturated heterocycles. The molecule has 0 aromatic carbocycles. The Morgan fingerprint density at radius 3 is 2.61 bits per heavy atom. The van der Waals surface area contributed by atoms with Gasteiger partial charge in [0, 0.05) is 18.0 Å². The number of carbonyl (C=O) groups excluding carboxylic acids is 1. The van der Waals surface area contributed by atoms with E-state index in [0.29, 0.717) is 18.4 Å². The van der Waals surface area contributed by atoms with Crippen LogP contribution in [-0.2, 0) is 18.6 Å². The van der Waals surface area contributed by atoms with E-state index in [9.17, 15) is 9.36 Å². The van der Waals surface area contributed by atoms with E-state index in [1.807, 2.05) is 0 Å². The Labute approximate surface area is 139 Å². The fraction of sp³-hybridized carbons (Fsp3) is 0.941. The number of fused-ring (bicyclic) bond motifs is 5. The molecule has 1 aliphatic heterocycles. The van der Waals surface area contributed by atoms with E-state index < -0.39 is 13.5 Å². The molecule has 0 radical (unpaired) electrons. The molecule has 0 aromatic rings. The molecule has 1 heterocycles. The van der Waals surface area contributed by atoms with Gasteiger partial charge in [-0.3, -0.25) is 9.36 Å². The Morgan fingerprint density at radius 1 is 1.39 bits per heavy atom. The average Bonchev–Trinajstić information content (AvgIpc) is 2.90. The second-order valence-electron chi connectivity index (χ2n) is 8.69. The maximum absolute atomic E-state index is 13.5. The summed E-state index contributed by atoms with van der Waals surface area (Å²) in [5.41, 5.74) is 0.202. The number of ether oxygens (including phenoxy) is 1. The summed E-state index contributed by atoms with van der Waals surface area (Å²) < 4.78 is 26.6. The summed E-state index contributed by atoms with van der Waals surface area (Å²) in [4.78, 5) is 11.8. The Balaban J connectivity index is 1.98. The topological polar surface area (TPSA) is 55.8 Å². The van der Waals surface area contributed by atoms with Gasteiger partial charge in [0.1, 0.15) is 6.16 Å². The molecule has 5 atom stereocenters. The molecule has 3 aliphatic rings. The van der Waals surface area contributed by atoms with Crippen molar-refractivity contribution >= 4 is 13.5 Å². The van der Waals surface area contributed by atoms with Crippen molar-refractivity contribution in [1.82, 2.24) is 4.67 Å². The molecule has 0 aromatic heterocycles. The Bertz CT molecular complexity index is 561. The van der Waals surface area contributed by atoms with Crippen LogP contribution in [0, 0.1) is 22.7 Å². The number of carbonyl (C=O) groups is 1. The predicted octanol–water partition coefficient (Wildman–Crippen LogP) is 3.53. The monoisotopic (exact) mass is 343 g/mol. The van der Waals surface area contributed by atoms with Gasteiger partial charge in [-0.1, -0.05) is 34.6 Å². The largest absolute Gasteiger partial charge is 0.469 e. The van der Waals surface area contributed by atoms with E-state index in [2.05, 4.69) is 39.3 Å². The Hall–Kier alpha value is -0.380. The number of hydrogen-bond acceptors (Lipinski definition) is 4. The molecule has 23 heavy (non-hydrogen) atoms. The molecule has 5 nitrogen and oxygen atoms in total. The summed E-state index contributed by atoms with van der Waals surface area (Å²) in [6, 6.07) is 0.168. The van der Waals surface area contributed by atoms with E-state index in [1.54, 1.807) is 0 Å². The first kappa shape index (κ1) is 17.4. The molecule has 0 amide bonds. The number of rotatable bonds is 4. The van der Waals surface area contributed by atoms with E-state index in [0.717, 1.165) is 12.8 Å². The summed E-state index contributed by atoms with van der Waals surface area (Å²) in [6.45, 7) is 11.9. The van der Waals surface area contributed by atoms with Crippen molar-refractivity contribution in [3.63, 3.8) is 0 Å². The molecule has 2 saturated carbocycles. The fourth-order valence-electron chi connectivity index (χ4n) is 5.22. The maximum Gasteiger partial charge on any atom is 0.316 e. The van der Waals surface area contributed by atoms with Gasteiger partial charge in [-0.2, -0.15) is 0 Å². The maximum atomic E-state index is 13.5. The number of nitrogens with zero attached hydrogens (tertiary/aromatic N) is 1. The third kappa shape index (κ3) is 2.26. The van der Waals surface area contributed by atoms with Crippen LogP contribution in [0.25, 0.3) is 0 Å². The molecule has 2 bridgehead atoms. The zero-order valence-corrected chi connectivity index (χ0v) is 16.1. The lowest BCUT2D eigenvalue weighted by Gasteiger charge is -2.38. The van der Waals surface area contributed by atoms with Gasteiger partial charge < -0.3 is 9.26 Å². The van der Waals surface area contributed by atoms with E-state index >= 15 is 0 Å². The summed E-state index contributed by atoms with van der Waals surface area (Å²) in [5, 5.41) is 0. The summed E-state index contributed by atoms with van der Waals surface area (Å²) in [5.74, 6) is 0.405. The minimum Gasteiger partial charge on any atom is -0.469 e. The second kappa shape index (κ2) is 5.31. The quantitative estimate of drug-likeness (QED) is 0.577. The van der Waals surface area contributed by atoms with Crippen LogP contribution in [0.3, 0.4) is 0 Å². The summed E-state index contributed by atoms with van der Waals surface area (Å²) in [7, 11) is -1.82. The van der Waals surface area contributed by atoms with Gasteiger partial charge in [0.2, 0.25) is 0 Å². The van der Waals surface area contributed by atoms with Crippen molar-refractivity contribution in [1.29, 1.82) is 0 Å². The molecule has 2 aliphatic carbocycles. The average molecular weight is 343 g/mol. The fourth-order valence-corrected chi connectivity index (χ4v) is 8.02. The van der Waals surface area contributed by atoms with Crippen LogP contribution in [0.15, 0.2) is 0 Å².